The Hall–Kier alpha value is -4.41. The van der Waals surface area contributed by atoms with Crippen molar-refractivity contribution in [1.82, 2.24) is 19.5 Å². The highest BCUT2D eigenvalue weighted by Crippen LogP contribution is 2.25. The highest BCUT2D eigenvalue weighted by Gasteiger charge is 2.31. The smallest absolute Gasteiger partial charge is 0.439 e. The van der Waals surface area contributed by atoms with Crippen LogP contribution in [-0.4, -0.2) is 31.8 Å². The third-order valence-corrected chi connectivity index (χ3v) is 4.98. The molecule has 35 heavy (non-hydrogen) atoms. The number of amides is 1. The molecule has 8 nitrogen and oxygen atoms in total. The van der Waals surface area contributed by atoms with Crippen LogP contribution in [0.15, 0.2) is 60.9 Å². The van der Waals surface area contributed by atoms with Crippen LogP contribution in [0.5, 0.6) is 17.4 Å². The van der Waals surface area contributed by atoms with E-state index in [4.69, 9.17) is 4.74 Å². The molecular weight excluding hydrogens is 463 g/mol. The van der Waals surface area contributed by atoms with Gasteiger partial charge in [0.1, 0.15) is 29.5 Å². The zero-order chi connectivity index (χ0) is 25.2. The van der Waals surface area contributed by atoms with Crippen molar-refractivity contribution in [2.75, 3.05) is 5.32 Å². The molecule has 0 saturated carbocycles. The van der Waals surface area contributed by atoms with Gasteiger partial charge in [-0.25, -0.2) is 9.97 Å². The number of carbonyl (C=O) groups excluding carboxylic acids is 1. The molecule has 180 valence electrons. The molecule has 4 aromatic rings. The van der Waals surface area contributed by atoms with E-state index >= 15 is 0 Å². The standard InChI is InChI=1S/C24H20F3N5O3/c1-14-15(2)32(13-28-14)21-12-22(30-16(3)29-21)34-19-10-6-18(7-11-19)31-23(33)17-4-8-20(9-5-17)35-24(25,26)27/h4-13H,1-3H3,(H,31,33). The van der Waals surface area contributed by atoms with Crippen LogP contribution in [0.25, 0.3) is 5.82 Å². The summed E-state index contributed by atoms with van der Waals surface area (Å²) in [6.45, 7) is 5.61. The van der Waals surface area contributed by atoms with Crippen LogP contribution in [0.2, 0.25) is 0 Å². The normalized spacial score (nSPS) is 11.3. The first kappa shape index (κ1) is 23.7. The minimum atomic E-state index is -4.79. The number of nitrogens with zero attached hydrogens (tertiary/aromatic N) is 4. The number of ether oxygens (including phenoxy) is 2. The molecule has 0 bridgehead atoms. The van der Waals surface area contributed by atoms with Crippen LogP contribution in [0.1, 0.15) is 27.6 Å². The first-order valence-corrected chi connectivity index (χ1v) is 10.4. The predicted molar refractivity (Wildman–Crippen MR) is 121 cm³/mol. The number of benzene rings is 2. The Kier molecular flexibility index (Phi) is 6.41. The highest BCUT2D eigenvalue weighted by atomic mass is 19.4. The van der Waals surface area contributed by atoms with Crippen molar-refractivity contribution >= 4 is 11.6 Å². The molecule has 0 aliphatic rings. The fourth-order valence-electron chi connectivity index (χ4n) is 3.17. The first-order valence-electron chi connectivity index (χ1n) is 10.4. The largest absolute Gasteiger partial charge is 0.573 e. The number of imidazole rings is 1. The molecule has 2 aromatic carbocycles. The van der Waals surface area contributed by atoms with Crippen LogP contribution in [-0.2, 0) is 0 Å². The molecule has 4 rings (SSSR count). The third-order valence-electron chi connectivity index (χ3n) is 4.98. The number of anilines is 1. The minimum absolute atomic E-state index is 0.175. The molecule has 0 fully saturated rings. The molecule has 0 unspecified atom stereocenters. The summed E-state index contributed by atoms with van der Waals surface area (Å²) in [5.74, 6) is 1.09. The van der Waals surface area contributed by atoms with Gasteiger partial charge in [0.2, 0.25) is 5.88 Å². The maximum Gasteiger partial charge on any atom is 0.573 e. The number of hydrogen-bond donors (Lipinski definition) is 1. The summed E-state index contributed by atoms with van der Waals surface area (Å²) in [5.41, 5.74) is 2.50. The highest BCUT2D eigenvalue weighted by molar-refractivity contribution is 6.04. The van der Waals surface area contributed by atoms with E-state index in [1.807, 2.05) is 18.4 Å². The Morgan fingerprint density at radius 1 is 0.943 bits per heavy atom. The Balaban J connectivity index is 1.42. The van der Waals surface area contributed by atoms with Gasteiger partial charge in [-0.15, -0.1) is 13.2 Å². The summed E-state index contributed by atoms with van der Waals surface area (Å²) in [6.07, 6.45) is -3.11. The lowest BCUT2D eigenvalue weighted by molar-refractivity contribution is -0.274. The second kappa shape index (κ2) is 9.45. The lowest BCUT2D eigenvalue weighted by Crippen LogP contribution is -2.17. The van der Waals surface area contributed by atoms with Gasteiger partial charge in [-0.3, -0.25) is 9.36 Å². The topological polar surface area (TPSA) is 91.2 Å². The number of aryl methyl sites for hydroxylation is 2. The Morgan fingerprint density at radius 2 is 1.60 bits per heavy atom. The fourth-order valence-corrected chi connectivity index (χ4v) is 3.17. The Bertz CT molecular complexity index is 1350. The molecule has 1 amide bonds. The molecule has 11 heteroatoms. The fraction of sp³-hybridized carbons (Fsp3) is 0.167. The molecule has 0 saturated heterocycles. The van der Waals surface area contributed by atoms with Gasteiger partial charge in [-0.2, -0.15) is 4.98 Å². The second-order valence-electron chi connectivity index (χ2n) is 7.55. The van der Waals surface area contributed by atoms with Gasteiger partial charge in [-0.05, 0) is 69.3 Å². The summed E-state index contributed by atoms with van der Waals surface area (Å²) in [5, 5.41) is 2.67. The molecule has 0 aliphatic heterocycles. The quantitative estimate of drug-likeness (QED) is 0.388. The van der Waals surface area contributed by atoms with Gasteiger partial charge >= 0.3 is 6.36 Å². The molecular formula is C24H20F3N5O3. The van der Waals surface area contributed by atoms with E-state index in [-0.39, 0.29) is 5.56 Å². The maximum absolute atomic E-state index is 12.4. The number of halogens is 3. The zero-order valence-electron chi connectivity index (χ0n) is 18.9. The number of carbonyl (C=O) groups is 1. The van der Waals surface area contributed by atoms with E-state index in [0.29, 0.717) is 29.0 Å². The maximum atomic E-state index is 12.4. The van der Waals surface area contributed by atoms with Crippen LogP contribution in [0, 0.1) is 20.8 Å². The number of rotatable bonds is 6. The van der Waals surface area contributed by atoms with Crippen molar-refractivity contribution in [3.63, 3.8) is 0 Å². The van der Waals surface area contributed by atoms with E-state index in [0.717, 1.165) is 23.5 Å². The first-order chi connectivity index (χ1) is 16.6. The summed E-state index contributed by atoms with van der Waals surface area (Å²) >= 11 is 0. The van der Waals surface area contributed by atoms with Crippen LogP contribution < -0.4 is 14.8 Å². The van der Waals surface area contributed by atoms with Crippen molar-refractivity contribution in [1.29, 1.82) is 0 Å². The molecule has 0 radical (unpaired) electrons. The van der Waals surface area contributed by atoms with Gasteiger partial charge < -0.3 is 14.8 Å². The van der Waals surface area contributed by atoms with E-state index in [2.05, 4.69) is 25.0 Å². The predicted octanol–water partition coefficient (Wildman–Crippen LogP) is 5.53. The average Bonchev–Trinajstić information content (AvgIpc) is 3.12. The second-order valence-corrected chi connectivity index (χ2v) is 7.55. The van der Waals surface area contributed by atoms with E-state index in [9.17, 15) is 18.0 Å². The van der Waals surface area contributed by atoms with Gasteiger partial charge in [0.25, 0.3) is 5.91 Å². The van der Waals surface area contributed by atoms with Crippen LogP contribution in [0.4, 0.5) is 18.9 Å². The number of alkyl halides is 3. The molecule has 1 N–H and O–H groups in total. The van der Waals surface area contributed by atoms with Gasteiger partial charge in [0.15, 0.2) is 0 Å². The van der Waals surface area contributed by atoms with Crippen molar-refractivity contribution in [2.45, 2.75) is 27.1 Å². The number of hydrogen-bond acceptors (Lipinski definition) is 6. The Labute approximate surface area is 198 Å². The summed E-state index contributed by atoms with van der Waals surface area (Å²) in [4.78, 5) is 25.4. The molecule has 0 spiro atoms. The summed E-state index contributed by atoms with van der Waals surface area (Å²) in [6, 6.07) is 12.9. The SMILES string of the molecule is Cc1nc(Oc2ccc(NC(=O)c3ccc(OC(F)(F)F)cc3)cc2)cc(-n2cnc(C)c2C)n1. The van der Waals surface area contributed by atoms with Crippen LogP contribution >= 0.6 is 0 Å². The van der Waals surface area contributed by atoms with Crippen molar-refractivity contribution < 1.29 is 27.4 Å². The number of nitrogens with one attached hydrogen (secondary N) is 1. The van der Waals surface area contributed by atoms with E-state index in [1.54, 1.807) is 43.6 Å². The Morgan fingerprint density at radius 3 is 2.20 bits per heavy atom. The third kappa shape index (κ3) is 5.94. The van der Waals surface area contributed by atoms with Crippen molar-refractivity contribution in [3.8, 4) is 23.2 Å². The van der Waals surface area contributed by atoms with E-state index < -0.39 is 18.0 Å². The molecule has 0 atom stereocenters. The summed E-state index contributed by atoms with van der Waals surface area (Å²) < 4.78 is 48.3. The average molecular weight is 483 g/mol. The lowest BCUT2D eigenvalue weighted by atomic mass is 10.2. The van der Waals surface area contributed by atoms with E-state index in [1.165, 1.54) is 12.1 Å². The summed E-state index contributed by atoms with van der Waals surface area (Å²) in [7, 11) is 0. The monoisotopic (exact) mass is 483 g/mol. The zero-order valence-corrected chi connectivity index (χ0v) is 18.9. The lowest BCUT2D eigenvalue weighted by Gasteiger charge is -2.11. The van der Waals surface area contributed by atoms with Gasteiger partial charge in [0.05, 0.1) is 5.69 Å². The molecule has 2 aromatic heterocycles. The number of aromatic nitrogens is 4. The minimum Gasteiger partial charge on any atom is -0.439 e. The van der Waals surface area contributed by atoms with Gasteiger partial charge in [0, 0.05) is 23.0 Å². The van der Waals surface area contributed by atoms with Gasteiger partial charge in [-0.1, -0.05) is 0 Å². The van der Waals surface area contributed by atoms with Crippen LogP contribution in [0.3, 0.4) is 0 Å². The molecule has 2 heterocycles. The van der Waals surface area contributed by atoms with Crippen molar-refractivity contribution in [2.24, 2.45) is 0 Å². The molecule has 0 aliphatic carbocycles. The van der Waals surface area contributed by atoms with Crippen molar-refractivity contribution in [3.05, 3.63) is 83.7 Å².